The maximum absolute atomic E-state index is 11.1. The molecule has 9 heavy (non-hydrogen) atoms. The molecular weight excluding hydrogens is 112 g/mol. The van der Waals surface area contributed by atoms with Gasteiger partial charge in [0.15, 0.2) is 0 Å². The number of Topliss-reactive ketones (excluding diaryl/α,β-unsaturated/α-hetero) is 1. The van der Waals surface area contributed by atoms with Gasteiger partial charge in [-0.1, -0.05) is 0 Å². The van der Waals surface area contributed by atoms with Gasteiger partial charge < -0.3 is 0 Å². The summed E-state index contributed by atoms with van der Waals surface area (Å²) in [5.74, 6) is 1.81. The van der Waals surface area contributed by atoms with Crippen molar-refractivity contribution < 1.29 is 4.79 Å². The van der Waals surface area contributed by atoms with Crippen LogP contribution in [0.5, 0.6) is 0 Å². The van der Waals surface area contributed by atoms with Gasteiger partial charge in [0.2, 0.25) is 0 Å². The first-order valence-electron chi connectivity index (χ1n) is 3.89. The molecule has 2 bridgehead atoms. The van der Waals surface area contributed by atoms with E-state index in [1.54, 1.807) is 0 Å². The van der Waals surface area contributed by atoms with Crippen LogP contribution in [-0.2, 0) is 4.79 Å². The van der Waals surface area contributed by atoms with E-state index in [2.05, 4.69) is 0 Å². The van der Waals surface area contributed by atoms with Crippen LogP contribution in [0.25, 0.3) is 0 Å². The monoisotopic (exact) mass is 124 g/mol. The first-order chi connectivity index (χ1) is 4.36. The Balaban J connectivity index is 2.15. The molecule has 3 aliphatic rings. The van der Waals surface area contributed by atoms with Gasteiger partial charge in [0.25, 0.3) is 0 Å². The Morgan fingerprint density at radius 2 is 1.78 bits per heavy atom. The first-order valence-corrected chi connectivity index (χ1v) is 3.89. The Labute approximate surface area is 55.4 Å². The van der Waals surface area contributed by atoms with Crippen LogP contribution in [0.3, 0.4) is 0 Å². The van der Waals surface area contributed by atoms with Gasteiger partial charge in [-0.3, -0.25) is 4.79 Å². The Bertz CT molecular complexity index is 132. The molecule has 0 saturated heterocycles. The summed E-state index contributed by atoms with van der Waals surface area (Å²) in [6, 6.07) is 0. The molecule has 1 nitrogen and oxygen atoms in total. The van der Waals surface area contributed by atoms with Crippen LogP contribution in [0.2, 0.25) is 0 Å². The van der Waals surface area contributed by atoms with Crippen LogP contribution < -0.4 is 0 Å². The fourth-order valence-corrected chi connectivity index (χ4v) is 2.14. The minimum atomic E-state index is 0.481. The molecular formula is C8H12O. The second kappa shape index (κ2) is 1.83. The summed E-state index contributed by atoms with van der Waals surface area (Å²) in [6.45, 7) is 0. The van der Waals surface area contributed by atoms with Crippen molar-refractivity contribution in [1.29, 1.82) is 0 Å². The highest BCUT2D eigenvalue weighted by atomic mass is 16.1. The summed E-state index contributed by atoms with van der Waals surface area (Å²) >= 11 is 0. The molecule has 0 aromatic heterocycles. The number of carbonyl (C=O) groups excluding carboxylic acids is 1. The van der Waals surface area contributed by atoms with E-state index in [9.17, 15) is 4.79 Å². The number of ketones is 1. The minimum absolute atomic E-state index is 0.481. The molecule has 3 aliphatic carbocycles. The van der Waals surface area contributed by atoms with Crippen molar-refractivity contribution >= 4 is 5.78 Å². The van der Waals surface area contributed by atoms with Crippen LogP contribution in [0, 0.1) is 11.8 Å². The van der Waals surface area contributed by atoms with Crippen LogP contribution in [0.4, 0.5) is 0 Å². The lowest BCUT2D eigenvalue weighted by atomic mass is 9.70. The van der Waals surface area contributed by atoms with Crippen LogP contribution in [0.1, 0.15) is 32.1 Å². The summed E-state index contributed by atoms with van der Waals surface area (Å²) in [4.78, 5) is 11.1. The highest BCUT2D eigenvalue weighted by Crippen LogP contribution is 2.38. The quantitative estimate of drug-likeness (QED) is 0.481. The molecule has 0 N–H and O–H groups in total. The van der Waals surface area contributed by atoms with Gasteiger partial charge in [0.1, 0.15) is 5.78 Å². The van der Waals surface area contributed by atoms with E-state index >= 15 is 0 Å². The zero-order chi connectivity index (χ0) is 6.27. The van der Waals surface area contributed by atoms with E-state index in [-0.39, 0.29) is 0 Å². The average molecular weight is 124 g/mol. The van der Waals surface area contributed by atoms with E-state index < -0.39 is 0 Å². The molecule has 0 spiro atoms. The molecule has 0 unspecified atom stereocenters. The molecule has 0 aromatic rings. The number of hydrogen-bond acceptors (Lipinski definition) is 1. The van der Waals surface area contributed by atoms with E-state index in [1.165, 1.54) is 25.7 Å². The van der Waals surface area contributed by atoms with Crippen molar-refractivity contribution in [3.8, 4) is 0 Å². The zero-order valence-corrected chi connectivity index (χ0v) is 5.60. The summed E-state index contributed by atoms with van der Waals surface area (Å²) in [5.41, 5.74) is 0. The normalized spacial score (nSPS) is 41.6. The highest BCUT2D eigenvalue weighted by molar-refractivity contribution is 5.82. The second-order valence-electron chi connectivity index (χ2n) is 3.39. The molecule has 0 radical (unpaired) electrons. The molecule has 0 aliphatic heterocycles. The standard InChI is InChI=1S/C8H12O/c9-8-5-6-1-3-7(8)4-2-6/h6-7H,1-5H2. The van der Waals surface area contributed by atoms with Crippen molar-refractivity contribution in [3.05, 3.63) is 0 Å². The molecule has 0 aromatic carbocycles. The Hall–Kier alpha value is -0.330. The topological polar surface area (TPSA) is 17.1 Å². The Kier molecular flexibility index (Phi) is 1.11. The summed E-state index contributed by atoms with van der Waals surface area (Å²) in [5, 5.41) is 0. The van der Waals surface area contributed by atoms with Gasteiger partial charge in [-0.15, -0.1) is 0 Å². The summed E-state index contributed by atoms with van der Waals surface area (Å²) in [7, 11) is 0. The second-order valence-corrected chi connectivity index (χ2v) is 3.39. The van der Waals surface area contributed by atoms with E-state index in [0.717, 1.165) is 12.3 Å². The maximum atomic E-state index is 11.1. The zero-order valence-electron chi connectivity index (χ0n) is 5.60. The van der Waals surface area contributed by atoms with E-state index in [1.807, 2.05) is 0 Å². The molecule has 3 saturated carbocycles. The molecule has 50 valence electrons. The highest BCUT2D eigenvalue weighted by Gasteiger charge is 2.33. The fourth-order valence-electron chi connectivity index (χ4n) is 2.14. The lowest BCUT2D eigenvalue weighted by Gasteiger charge is -2.34. The average Bonchev–Trinajstić information content (AvgIpc) is 1.90. The van der Waals surface area contributed by atoms with Crippen LogP contribution >= 0.6 is 0 Å². The van der Waals surface area contributed by atoms with Gasteiger partial charge in [0.05, 0.1) is 0 Å². The largest absolute Gasteiger partial charge is 0.299 e. The summed E-state index contributed by atoms with van der Waals surface area (Å²) in [6.07, 6.45) is 5.96. The SMILES string of the molecule is O=C1CC2CCC1CC2. The maximum Gasteiger partial charge on any atom is 0.136 e. The number of hydrogen-bond donors (Lipinski definition) is 0. The van der Waals surface area contributed by atoms with Gasteiger partial charge in [-0.25, -0.2) is 0 Å². The lowest BCUT2D eigenvalue weighted by Crippen LogP contribution is -2.30. The van der Waals surface area contributed by atoms with Gasteiger partial charge in [0, 0.05) is 12.3 Å². The third-order valence-corrected chi connectivity index (χ3v) is 2.79. The predicted molar refractivity (Wildman–Crippen MR) is 35.1 cm³/mol. The Morgan fingerprint density at radius 1 is 1.11 bits per heavy atom. The van der Waals surface area contributed by atoms with Crippen molar-refractivity contribution in [2.45, 2.75) is 32.1 Å². The van der Waals surface area contributed by atoms with Crippen LogP contribution in [-0.4, -0.2) is 5.78 Å². The van der Waals surface area contributed by atoms with Crippen molar-refractivity contribution in [3.63, 3.8) is 0 Å². The molecule has 0 heterocycles. The van der Waals surface area contributed by atoms with Gasteiger partial charge >= 0.3 is 0 Å². The fraction of sp³-hybridized carbons (Fsp3) is 0.875. The van der Waals surface area contributed by atoms with Gasteiger partial charge in [-0.05, 0) is 31.6 Å². The molecule has 1 heteroatoms. The molecule has 3 fully saturated rings. The van der Waals surface area contributed by atoms with Crippen molar-refractivity contribution in [1.82, 2.24) is 0 Å². The predicted octanol–water partition coefficient (Wildman–Crippen LogP) is 1.77. The van der Waals surface area contributed by atoms with Gasteiger partial charge in [-0.2, -0.15) is 0 Å². The first kappa shape index (κ1) is 5.45. The smallest absolute Gasteiger partial charge is 0.136 e. The minimum Gasteiger partial charge on any atom is -0.299 e. The van der Waals surface area contributed by atoms with Crippen molar-refractivity contribution in [2.24, 2.45) is 11.8 Å². The number of rotatable bonds is 0. The molecule has 0 atom stereocenters. The van der Waals surface area contributed by atoms with Crippen LogP contribution in [0.15, 0.2) is 0 Å². The molecule has 0 amide bonds. The lowest BCUT2D eigenvalue weighted by molar-refractivity contribution is -0.128. The molecule has 3 rings (SSSR count). The van der Waals surface area contributed by atoms with E-state index in [0.29, 0.717) is 11.7 Å². The van der Waals surface area contributed by atoms with Crippen molar-refractivity contribution in [2.75, 3.05) is 0 Å². The number of carbonyl (C=O) groups is 1. The Morgan fingerprint density at radius 3 is 2.00 bits per heavy atom. The number of fused-ring (bicyclic) bond motifs is 3. The summed E-state index contributed by atoms with van der Waals surface area (Å²) < 4.78 is 0. The third-order valence-electron chi connectivity index (χ3n) is 2.79. The third kappa shape index (κ3) is 0.790. The van der Waals surface area contributed by atoms with E-state index in [4.69, 9.17) is 0 Å².